The molecule has 2 heterocycles. The number of amides is 1. The molecule has 1 aliphatic rings. The molecule has 1 aromatic heterocycles. The van der Waals surface area contributed by atoms with Crippen LogP contribution in [-0.4, -0.2) is 28.9 Å². The number of ketones is 1. The standard InChI is InChI=1S/C31H30N2O4S/c1-17-15-18(2)25-23(16-17)38-30(32-25)33-26(19-7-11-21(12-8-19)31(3,4)5)24(28(35)29(33)36)27(34)20-9-13-22(37-6)14-10-20/h7-16,26,34H,1-6H3/b27-24+/t26-/m0/s1. The minimum Gasteiger partial charge on any atom is -0.507 e. The molecule has 1 aliphatic heterocycles. The Balaban J connectivity index is 1.72. The van der Waals surface area contributed by atoms with Gasteiger partial charge >= 0.3 is 5.91 Å². The Morgan fingerprint density at radius 2 is 1.66 bits per heavy atom. The van der Waals surface area contributed by atoms with Crippen molar-refractivity contribution >= 4 is 44.1 Å². The number of methoxy groups -OCH3 is 1. The highest BCUT2D eigenvalue weighted by Gasteiger charge is 2.48. The van der Waals surface area contributed by atoms with E-state index < -0.39 is 17.7 Å². The van der Waals surface area contributed by atoms with Gasteiger partial charge < -0.3 is 9.84 Å². The SMILES string of the molecule is COc1ccc(/C(O)=C2\C(=O)C(=O)N(c3nc4c(C)cc(C)cc4s3)[C@H]2c2ccc(C(C)(C)C)cc2)cc1. The maximum atomic E-state index is 13.6. The number of hydrogen-bond acceptors (Lipinski definition) is 6. The Kier molecular flexibility index (Phi) is 6.35. The maximum absolute atomic E-state index is 13.6. The Bertz CT molecular complexity index is 1590. The molecule has 0 spiro atoms. The van der Waals surface area contributed by atoms with Crippen molar-refractivity contribution < 1.29 is 19.4 Å². The van der Waals surface area contributed by atoms with Crippen LogP contribution < -0.4 is 9.64 Å². The zero-order valence-electron chi connectivity index (χ0n) is 22.3. The molecule has 1 amide bonds. The summed E-state index contributed by atoms with van der Waals surface area (Å²) >= 11 is 1.37. The van der Waals surface area contributed by atoms with Crippen LogP contribution in [0.3, 0.4) is 0 Å². The number of Topliss-reactive ketones (excluding diaryl/α,β-unsaturated/α-hetero) is 1. The maximum Gasteiger partial charge on any atom is 0.301 e. The summed E-state index contributed by atoms with van der Waals surface area (Å²) in [5.74, 6) is -1.06. The molecule has 1 N–H and O–H groups in total. The lowest BCUT2D eigenvalue weighted by molar-refractivity contribution is -0.132. The third-order valence-corrected chi connectivity index (χ3v) is 7.93. The second-order valence-corrected chi connectivity index (χ2v) is 11.7. The van der Waals surface area contributed by atoms with Crippen molar-refractivity contribution in [3.05, 3.63) is 94.1 Å². The Morgan fingerprint density at radius 1 is 1.00 bits per heavy atom. The number of fused-ring (bicyclic) bond motifs is 1. The van der Waals surface area contributed by atoms with Crippen LogP contribution in [-0.2, 0) is 15.0 Å². The van der Waals surface area contributed by atoms with E-state index in [1.54, 1.807) is 31.4 Å². The van der Waals surface area contributed by atoms with Gasteiger partial charge in [0.25, 0.3) is 5.78 Å². The number of anilines is 1. The van der Waals surface area contributed by atoms with E-state index in [1.165, 1.54) is 16.2 Å². The first-order valence-electron chi connectivity index (χ1n) is 12.4. The van der Waals surface area contributed by atoms with Crippen molar-refractivity contribution in [3.63, 3.8) is 0 Å². The molecule has 1 fully saturated rings. The molecular weight excluding hydrogens is 496 g/mol. The fraction of sp³-hybridized carbons (Fsp3) is 0.258. The number of thiazole rings is 1. The van der Waals surface area contributed by atoms with Gasteiger partial charge in [-0.1, -0.05) is 62.4 Å². The van der Waals surface area contributed by atoms with Gasteiger partial charge in [0.15, 0.2) is 5.13 Å². The number of aryl methyl sites for hydroxylation is 2. The number of aromatic nitrogens is 1. The minimum atomic E-state index is -0.826. The summed E-state index contributed by atoms with van der Waals surface area (Å²) in [6.07, 6.45) is 0. The van der Waals surface area contributed by atoms with Crippen molar-refractivity contribution in [3.8, 4) is 5.75 Å². The zero-order valence-corrected chi connectivity index (χ0v) is 23.1. The smallest absolute Gasteiger partial charge is 0.301 e. The lowest BCUT2D eigenvalue weighted by atomic mass is 9.85. The molecule has 38 heavy (non-hydrogen) atoms. The Hall–Kier alpha value is -3.97. The van der Waals surface area contributed by atoms with E-state index in [2.05, 4.69) is 20.8 Å². The van der Waals surface area contributed by atoms with Gasteiger partial charge in [0.2, 0.25) is 0 Å². The highest BCUT2D eigenvalue weighted by Crippen LogP contribution is 2.45. The fourth-order valence-electron chi connectivity index (χ4n) is 4.88. The number of hydrogen-bond donors (Lipinski definition) is 1. The molecule has 3 aromatic carbocycles. The highest BCUT2D eigenvalue weighted by molar-refractivity contribution is 7.22. The van der Waals surface area contributed by atoms with Gasteiger partial charge in [0.05, 0.1) is 28.9 Å². The van der Waals surface area contributed by atoms with E-state index in [0.717, 1.165) is 32.5 Å². The average molecular weight is 527 g/mol. The van der Waals surface area contributed by atoms with Crippen LogP contribution in [0, 0.1) is 13.8 Å². The molecule has 7 heteroatoms. The van der Waals surface area contributed by atoms with Crippen molar-refractivity contribution in [1.29, 1.82) is 0 Å². The van der Waals surface area contributed by atoms with Crippen molar-refractivity contribution in [2.45, 2.75) is 46.1 Å². The molecule has 6 nitrogen and oxygen atoms in total. The number of nitrogens with zero attached hydrogens (tertiary/aromatic N) is 2. The molecule has 1 saturated heterocycles. The number of ether oxygens (including phenoxy) is 1. The Morgan fingerprint density at radius 3 is 2.26 bits per heavy atom. The summed E-state index contributed by atoms with van der Waals surface area (Å²) in [6.45, 7) is 10.4. The summed E-state index contributed by atoms with van der Waals surface area (Å²) in [6, 6.07) is 17.9. The molecule has 0 unspecified atom stereocenters. The predicted octanol–water partition coefficient (Wildman–Crippen LogP) is 6.85. The first-order chi connectivity index (χ1) is 18.0. The number of aliphatic hydroxyl groups excluding tert-OH is 1. The van der Waals surface area contributed by atoms with Gasteiger partial charge in [0, 0.05) is 5.56 Å². The van der Waals surface area contributed by atoms with Crippen LogP contribution in [0.1, 0.15) is 54.6 Å². The Labute approximate surface area is 226 Å². The van der Waals surface area contributed by atoms with Gasteiger partial charge in [-0.3, -0.25) is 14.5 Å². The molecule has 0 bridgehead atoms. The van der Waals surface area contributed by atoms with Crippen molar-refractivity contribution in [1.82, 2.24) is 4.98 Å². The number of benzene rings is 3. The molecule has 194 valence electrons. The second kappa shape index (κ2) is 9.40. The van der Waals surface area contributed by atoms with Crippen molar-refractivity contribution in [2.75, 3.05) is 12.0 Å². The number of aliphatic hydroxyl groups is 1. The topological polar surface area (TPSA) is 79.7 Å². The van der Waals surface area contributed by atoms with E-state index in [9.17, 15) is 14.7 Å². The number of carbonyl (C=O) groups excluding carboxylic acids is 2. The van der Waals surface area contributed by atoms with E-state index in [4.69, 9.17) is 9.72 Å². The van der Waals surface area contributed by atoms with Gasteiger partial charge in [-0.15, -0.1) is 0 Å². The molecule has 0 saturated carbocycles. The molecule has 0 aliphatic carbocycles. The van der Waals surface area contributed by atoms with Gasteiger partial charge in [-0.25, -0.2) is 4.98 Å². The van der Waals surface area contributed by atoms with Gasteiger partial charge in [-0.2, -0.15) is 0 Å². The molecule has 1 atom stereocenters. The predicted molar refractivity (Wildman–Crippen MR) is 152 cm³/mol. The lowest BCUT2D eigenvalue weighted by Gasteiger charge is -2.24. The van der Waals surface area contributed by atoms with Crippen LogP contribution in [0.5, 0.6) is 5.75 Å². The summed E-state index contributed by atoms with van der Waals surface area (Å²) < 4.78 is 6.17. The first kappa shape index (κ1) is 25.7. The third kappa shape index (κ3) is 4.37. The molecular formula is C31H30N2O4S. The van der Waals surface area contributed by atoms with Crippen LogP contribution in [0.4, 0.5) is 5.13 Å². The quantitative estimate of drug-likeness (QED) is 0.179. The summed E-state index contributed by atoms with van der Waals surface area (Å²) in [5, 5.41) is 11.8. The summed E-state index contributed by atoms with van der Waals surface area (Å²) in [4.78, 5) is 33.3. The van der Waals surface area contributed by atoms with Crippen molar-refractivity contribution in [2.24, 2.45) is 0 Å². The number of rotatable bonds is 4. The molecule has 4 aromatic rings. The van der Waals surface area contributed by atoms with Crippen LogP contribution >= 0.6 is 11.3 Å². The minimum absolute atomic E-state index is 0.0378. The lowest BCUT2D eigenvalue weighted by Crippen LogP contribution is -2.29. The van der Waals surface area contributed by atoms with E-state index in [-0.39, 0.29) is 16.7 Å². The third-order valence-electron chi connectivity index (χ3n) is 6.92. The first-order valence-corrected chi connectivity index (χ1v) is 13.2. The zero-order chi connectivity index (χ0) is 27.4. The molecule has 0 radical (unpaired) electrons. The van der Waals surface area contributed by atoms with E-state index >= 15 is 0 Å². The monoisotopic (exact) mass is 526 g/mol. The summed E-state index contributed by atoms with van der Waals surface area (Å²) in [5.41, 5.74) is 5.15. The van der Waals surface area contributed by atoms with Gasteiger partial charge in [-0.05, 0) is 71.8 Å². The second-order valence-electron chi connectivity index (χ2n) is 10.7. The number of carbonyl (C=O) groups is 2. The normalized spacial score (nSPS) is 17.4. The molecule has 5 rings (SSSR count). The fourth-order valence-corrected chi connectivity index (χ4v) is 6.05. The summed E-state index contributed by atoms with van der Waals surface area (Å²) in [7, 11) is 1.56. The highest BCUT2D eigenvalue weighted by atomic mass is 32.1. The van der Waals surface area contributed by atoms with Gasteiger partial charge in [0.1, 0.15) is 11.5 Å². The largest absolute Gasteiger partial charge is 0.507 e. The van der Waals surface area contributed by atoms with Crippen LogP contribution in [0.2, 0.25) is 0 Å². The van der Waals surface area contributed by atoms with Crippen LogP contribution in [0.25, 0.3) is 16.0 Å². The van der Waals surface area contributed by atoms with E-state index in [1.807, 2.05) is 50.2 Å². The van der Waals surface area contributed by atoms with Crippen LogP contribution in [0.15, 0.2) is 66.2 Å². The average Bonchev–Trinajstić information content (AvgIpc) is 3.42. The van der Waals surface area contributed by atoms with E-state index in [0.29, 0.717) is 16.4 Å².